The summed E-state index contributed by atoms with van der Waals surface area (Å²) in [7, 11) is 0. The van der Waals surface area contributed by atoms with E-state index in [9.17, 15) is 24.2 Å². The molecule has 4 atom stereocenters. The second-order valence-corrected chi connectivity index (χ2v) is 7.41. The molecule has 1 aliphatic rings. The lowest BCUT2D eigenvalue weighted by atomic mass is 9.93. The van der Waals surface area contributed by atoms with E-state index in [-0.39, 0.29) is 12.0 Å². The Balaban J connectivity index is 2.08. The van der Waals surface area contributed by atoms with Crippen molar-refractivity contribution in [2.24, 2.45) is 5.41 Å². The zero-order valence-corrected chi connectivity index (χ0v) is 15.1. The first-order valence-electron chi connectivity index (χ1n) is 8.23. The molecule has 1 aromatic rings. The number of aliphatic hydroxyl groups is 2. The second-order valence-electron chi connectivity index (χ2n) is 7.41. The Kier molecular flexibility index (Phi) is 5.99. The minimum Gasteiger partial charge on any atom is -0.449 e. The Labute approximate surface area is 149 Å². The quantitative estimate of drug-likeness (QED) is 0.720. The van der Waals surface area contributed by atoms with Gasteiger partial charge in [0.15, 0.2) is 17.9 Å². The van der Waals surface area contributed by atoms with E-state index in [4.69, 9.17) is 9.47 Å². The molecule has 1 fully saturated rings. The number of rotatable bonds is 4. The lowest BCUT2D eigenvalue weighted by Crippen LogP contribution is -2.36. The lowest BCUT2D eigenvalue weighted by molar-refractivity contribution is -0.0355. The van der Waals surface area contributed by atoms with Gasteiger partial charge >= 0.3 is 11.8 Å². The van der Waals surface area contributed by atoms with Crippen LogP contribution in [-0.2, 0) is 9.47 Å². The fourth-order valence-corrected chi connectivity index (χ4v) is 2.36. The zero-order chi connectivity index (χ0) is 19.6. The number of carbonyl (C=O) groups is 1. The highest BCUT2D eigenvalue weighted by molar-refractivity contribution is 5.83. The summed E-state index contributed by atoms with van der Waals surface area (Å²) >= 11 is 0. The number of aromatic nitrogens is 2. The zero-order valence-electron chi connectivity index (χ0n) is 15.1. The number of halogens is 1. The summed E-state index contributed by atoms with van der Waals surface area (Å²) in [6.07, 6.45) is -4.22. The molecule has 1 saturated heterocycles. The SMILES string of the molecule is C[C@H]1O[C@@H](n2cc(F)c(NC(=O)OCCC(C)(C)C)nc2=O)C(O)C1O. The number of hydrogen-bond acceptors (Lipinski definition) is 7. The molecule has 0 aromatic carbocycles. The van der Waals surface area contributed by atoms with Crippen LogP contribution in [0.25, 0.3) is 0 Å². The van der Waals surface area contributed by atoms with Crippen LogP contribution in [0.1, 0.15) is 40.3 Å². The van der Waals surface area contributed by atoms with Crippen molar-refractivity contribution in [3.63, 3.8) is 0 Å². The molecule has 26 heavy (non-hydrogen) atoms. The van der Waals surface area contributed by atoms with Gasteiger partial charge in [0.05, 0.1) is 18.9 Å². The number of carbonyl (C=O) groups excluding carboxylic acids is 1. The van der Waals surface area contributed by atoms with Crippen LogP contribution in [-0.4, -0.2) is 50.8 Å². The van der Waals surface area contributed by atoms with Gasteiger partial charge in [-0.25, -0.2) is 14.0 Å². The summed E-state index contributed by atoms with van der Waals surface area (Å²) in [6, 6.07) is 0. The number of nitrogens with zero attached hydrogens (tertiary/aromatic N) is 2. The fourth-order valence-electron chi connectivity index (χ4n) is 2.36. The summed E-state index contributed by atoms with van der Waals surface area (Å²) in [6.45, 7) is 7.57. The van der Waals surface area contributed by atoms with Crippen molar-refractivity contribution in [2.45, 2.75) is 58.7 Å². The van der Waals surface area contributed by atoms with E-state index in [2.05, 4.69) is 10.3 Å². The predicted octanol–water partition coefficient (Wildman–Crippen LogP) is 1.01. The summed E-state index contributed by atoms with van der Waals surface area (Å²) in [4.78, 5) is 27.2. The van der Waals surface area contributed by atoms with Gasteiger partial charge in [0.1, 0.15) is 12.2 Å². The first kappa shape index (κ1) is 20.3. The molecular formula is C16H24FN3O6. The topological polar surface area (TPSA) is 123 Å². The molecular weight excluding hydrogens is 349 g/mol. The summed E-state index contributed by atoms with van der Waals surface area (Å²) in [5.74, 6) is -1.60. The third-order valence-electron chi connectivity index (χ3n) is 3.96. The molecule has 0 aliphatic carbocycles. The van der Waals surface area contributed by atoms with E-state index >= 15 is 0 Å². The summed E-state index contributed by atoms with van der Waals surface area (Å²) in [5, 5.41) is 21.7. The molecule has 1 aromatic heterocycles. The molecule has 9 nitrogen and oxygen atoms in total. The largest absolute Gasteiger partial charge is 0.449 e. The van der Waals surface area contributed by atoms with Crippen molar-refractivity contribution in [1.82, 2.24) is 9.55 Å². The van der Waals surface area contributed by atoms with E-state index in [0.29, 0.717) is 6.42 Å². The molecule has 0 bridgehead atoms. The van der Waals surface area contributed by atoms with Gasteiger partial charge in [0, 0.05) is 0 Å². The van der Waals surface area contributed by atoms with Crippen molar-refractivity contribution in [3.8, 4) is 0 Å². The third-order valence-corrected chi connectivity index (χ3v) is 3.96. The Hall–Kier alpha value is -2.04. The monoisotopic (exact) mass is 373 g/mol. The highest BCUT2D eigenvalue weighted by atomic mass is 19.1. The molecule has 0 spiro atoms. The minimum absolute atomic E-state index is 0.0337. The minimum atomic E-state index is -1.41. The molecule has 10 heteroatoms. The number of nitrogens with one attached hydrogen (secondary N) is 1. The van der Waals surface area contributed by atoms with E-state index in [1.54, 1.807) is 0 Å². The first-order chi connectivity index (χ1) is 12.0. The lowest BCUT2D eigenvalue weighted by Gasteiger charge is -2.18. The van der Waals surface area contributed by atoms with Crippen LogP contribution in [0, 0.1) is 11.2 Å². The Morgan fingerprint density at radius 2 is 2.08 bits per heavy atom. The third kappa shape index (κ3) is 4.77. The molecule has 1 amide bonds. The van der Waals surface area contributed by atoms with Crippen LogP contribution in [0.2, 0.25) is 0 Å². The Morgan fingerprint density at radius 3 is 2.62 bits per heavy atom. The summed E-state index contributed by atoms with van der Waals surface area (Å²) in [5.41, 5.74) is -0.990. The molecule has 2 unspecified atom stereocenters. The van der Waals surface area contributed by atoms with E-state index in [0.717, 1.165) is 10.8 Å². The van der Waals surface area contributed by atoms with Crippen molar-refractivity contribution in [3.05, 3.63) is 22.5 Å². The van der Waals surface area contributed by atoms with Gasteiger partial charge in [0.2, 0.25) is 0 Å². The molecule has 3 N–H and O–H groups in total. The first-order valence-corrected chi connectivity index (χ1v) is 8.23. The van der Waals surface area contributed by atoms with Crippen LogP contribution in [0.4, 0.5) is 15.0 Å². The fraction of sp³-hybridized carbons (Fsp3) is 0.688. The smallest absolute Gasteiger partial charge is 0.412 e. The average Bonchev–Trinajstić information content (AvgIpc) is 2.77. The van der Waals surface area contributed by atoms with E-state index in [1.807, 2.05) is 20.8 Å². The highest BCUT2D eigenvalue weighted by Gasteiger charge is 2.42. The maximum atomic E-state index is 14.2. The van der Waals surface area contributed by atoms with Gasteiger partial charge < -0.3 is 19.7 Å². The molecule has 1 aliphatic heterocycles. The number of hydrogen-bond donors (Lipinski definition) is 3. The van der Waals surface area contributed by atoms with Crippen molar-refractivity contribution >= 4 is 11.9 Å². The maximum absolute atomic E-state index is 14.2. The molecule has 0 saturated carbocycles. The maximum Gasteiger partial charge on any atom is 0.412 e. The van der Waals surface area contributed by atoms with E-state index in [1.165, 1.54) is 6.92 Å². The molecule has 2 heterocycles. The Bertz CT molecular complexity index is 717. The van der Waals surface area contributed by atoms with Gasteiger partial charge in [0.25, 0.3) is 0 Å². The predicted molar refractivity (Wildman–Crippen MR) is 89.1 cm³/mol. The standard InChI is InChI=1S/C16H24FN3O6/c1-8-10(21)11(22)13(26-8)20-7-9(17)12(18-14(20)23)19-15(24)25-6-5-16(2,3)4/h7-8,10-11,13,21-22H,5-6H2,1-4H3,(H,18,19,23,24)/t8-,10?,11?,13-/m1/s1. The van der Waals surface area contributed by atoms with E-state index < -0.39 is 48.0 Å². The molecule has 0 radical (unpaired) electrons. The van der Waals surface area contributed by atoms with Gasteiger partial charge in [-0.3, -0.25) is 9.88 Å². The Morgan fingerprint density at radius 1 is 1.42 bits per heavy atom. The van der Waals surface area contributed by atoms with Crippen molar-refractivity contribution < 1.29 is 28.9 Å². The van der Waals surface area contributed by atoms with Crippen LogP contribution in [0.5, 0.6) is 0 Å². The highest BCUT2D eigenvalue weighted by Crippen LogP contribution is 2.28. The van der Waals surface area contributed by atoms with Gasteiger partial charge in [-0.2, -0.15) is 4.98 Å². The molecule has 146 valence electrons. The number of anilines is 1. The van der Waals surface area contributed by atoms with Gasteiger partial charge in [-0.05, 0) is 18.8 Å². The van der Waals surface area contributed by atoms with Crippen molar-refractivity contribution in [1.29, 1.82) is 0 Å². The summed E-state index contributed by atoms with van der Waals surface area (Å²) < 4.78 is 25.1. The van der Waals surface area contributed by atoms with Crippen LogP contribution >= 0.6 is 0 Å². The van der Waals surface area contributed by atoms with Crippen molar-refractivity contribution in [2.75, 3.05) is 11.9 Å². The van der Waals surface area contributed by atoms with Gasteiger partial charge in [-0.15, -0.1) is 0 Å². The number of aliphatic hydroxyl groups excluding tert-OH is 2. The number of amides is 1. The number of ether oxygens (including phenoxy) is 2. The van der Waals surface area contributed by atoms with Crippen LogP contribution < -0.4 is 11.0 Å². The van der Waals surface area contributed by atoms with Crippen LogP contribution in [0.3, 0.4) is 0 Å². The second kappa shape index (κ2) is 7.68. The van der Waals surface area contributed by atoms with Gasteiger partial charge in [-0.1, -0.05) is 20.8 Å². The molecule has 2 rings (SSSR count). The van der Waals surface area contributed by atoms with Crippen LogP contribution in [0.15, 0.2) is 11.0 Å². The average molecular weight is 373 g/mol. The normalized spacial score (nSPS) is 26.0.